The number of hydrogen-bond donors (Lipinski definition) is 2. The highest BCUT2D eigenvalue weighted by molar-refractivity contribution is 6.01. The lowest BCUT2D eigenvalue weighted by molar-refractivity contribution is -0.125. The molecule has 1 aromatic rings. The van der Waals surface area contributed by atoms with Gasteiger partial charge in [0.15, 0.2) is 0 Å². The largest absolute Gasteiger partial charge is 0.329 e. The molecule has 2 aliphatic rings. The van der Waals surface area contributed by atoms with Crippen LogP contribution in [0.2, 0.25) is 0 Å². The minimum absolute atomic E-state index is 0. The Hall–Kier alpha value is -1.70. The Morgan fingerprint density at radius 2 is 2.12 bits per heavy atom. The van der Waals surface area contributed by atoms with E-state index in [1.807, 2.05) is 18.2 Å². The second-order valence-electron chi connectivity index (χ2n) is 6.33. The highest BCUT2D eigenvalue weighted by Crippen LogP contribution is 2.16. The van der Waals surface area contributed by atoms with Crippen LogP contribution in [0.5, 0.6) is 0 Å². The van der Waals surface area contributed by atoms with E-state index in [1.54, 1.807) is 6.20 Å². The molecular formula is C17H26ClN5O2. The second kappa shape index (κ2) is 9.70. The molecule has 2 fully saturated rings. The SMILES string of the molecule is Cl.O=C1CNC(=O)N1CCN(Cc1ccccn1)C1CCCNCC1. The number of carbonyl (C=O) groups excluding carboxylic acids is 2. The highest BCUT2D eigenvalue weighted by Gasteiger charge is 2.29. The van der Waals surface area contributed by atoms with E-state index in [-0.39, 0.29) is 30.9 Å². The van der Waals surface area contributed by atoms with Gasteiger partial charge in [0.25, 0.3) is 0 Å². The van der Waals surface area contributed by atoms with Crippen LogP contribution in [-0.4, -0.2) is 65.5 Å². The molecule has 0 spiro atoms. The molecule has 3 heterocycles. The van der Waals surface area contributed by atoms with Crippen molar-refractivity contribution in [2.45, 2.75) is 31.8 Å². The predicted molar refractivity (Wildman–Crippen MR) is 97.5 cm³/mol. The van der Waals surface area contributed by atoms with Crippen molar-refractivity contribution in [2.75, 3.05) is 32.7 Å². The Kier molecular flexibility index (Phi) is 7.61. The number of rotatable bonds is 6. The third-order valence-corrected chi connectivity index (χ3v) is 4.70. The summed E-state index contributed by atoms with van der Waals surface area (Å²) in [6.45, 7) is 4.04. The monoisotopic (exact) mass is 367 g/mol. The second-order valence-corrected chi connectivity index (χ2v) is 6.33. The number of amides is 3. The van der Waals surface area contributed by atoms with Crippen molar-refractivity contribution in [1.29, 1.82) is 0 Å². The van der Waals surface area contributed by atoms with Crippen molar-refractivity contribution >= 4 is 24.3 Å². The molecule has 2 N–H and O–H groups in total. The number of pyridine rings is 1. The van der Waals surface area contributed by atoms with Gasteiger partial charge in [-0.25, -0.2) is 4.79 Å². The molecule has 7 nitrogen and oxygen atoms in total. The third-order valence-electron chi connectivity index (χ3n) is 4.70. The molecule has 138 valence electrons. The first-order chi connectivity index (χ1) is 11.7. The Balaban J connectivity index is 0.00000225. The fraction of sp³-hybridized carbons (Fsp3) is 0.588. The summed E-state index contributed by atoms with van der Waals surface area (Å²) >= 11 is 0. The molecule has 0 aromatic carbocycles. The van der Waals surface area contributed by atoms with Gasteiger partial charge in [0.05, 0.1) is 12.2 Å². The zero-order chi connectivity index (χ0) is 16.8. The number of imide groups is 1. The van der Waals surface area contributed by atoms with Gasteiger partial charge in [-0.15, -0.1) is 12.4 Å². The van der Waals surface area contributed by atoms with Crippen LogP contribution in [0, 0.1) is 0 Å². The van der Waals surface area contributed by atoms with Gasteiger partial charge in [-0.2, -0.15) is 0 Å². The van der Waals surface area contributed by atoms with Gasteiger partial charge in [-0.3, -0.25) is 19.6 Å². The first-order valence-corrected chi connectivity index (χ1v) is 8.67. The van der Waals surface area contributed by atoms with E-state index >= 15 is 0 Å². The smallest absolute Gasteiger partial charge is 0.324 e. The van der Waals surface area contributed by atoms with Gasteiger partial charge < -0.3 is 10.6 Å². The topological polar surface area (TPSA) is 77.6 Å². The van der Waals surface area contributed by atoms with Crippen LogP contribution in [0.15, 0.2) is 24.4 Å². The lowest BCUT2D eigenvalue weighted by atomic mass is 10.1. The molecule has 1 unspecified atom stereocenters. The van der Waals surface area contributed by atoms with Crippen LogP contribution in [0.1, 0.15) is 25.0 Å². The van der Waals surface area contributed by atoms with Crippen molar-refractivity contribution in [2.24, 2.45) is 0 Å². The molecule has 1 atom stereocenters. The van der Waals surface area contributed by atoms with E-state index in [1.165, 1.54) is 4.90 Å². The maximum atomic E-state index is 11.8. The minimum Gasteiger partial charge on any atom is -0.329 e. The van der Waals surface area contributed by atoms with Crippen LogP contribution in [-0.2, 0) is 11.3 Å². The standard InChI is InChI=1S/C17H25N5O2.ClH/c23-16-12-20-17(24)22(16)11-10-21(13-14-4-1-2-8-19-14)15-5-3-7-18-9-6-15;/h1-2,4,8,15,18H,3,5-7,9-13H2,(H,20,24);1H. The molecule has 8 heteroatoms. The maximum absolute atomic E-state index is 11.8. The van der Waals surface area contributed by atoms with Gasteiger partial charge in [-0.05, 0) is 44.5 Å². The molecular weight excluding hydrogens is 342 g/mol. The summed E-state index contributed by atoms with van der Waals surface area (Å²) in [5.41, 5.74) is 1.02. The lowest BCUT2D eigenvalue weighted by Crippen LogP contribution is -2.43. The van der Waals surface area contributed by atoms with Crippen LogP contribution < -0.4 is 10.6 Å². The molecule has 1 aromatic heterocycles. The van der Waals surface area contributed by atoms with E-state index in [0.29, 0.717) is 19.1 Å². The number of halogens is 1. The van der Waals surface area contributed by atoms with Crippen LogP contribution in [0.25, 0.3) is 0 Å². The first-order valence-electron chi connectivity index (χ1n) is 8.67. The Morgan fingerprint density at radius 1 is 1.24 bits per heavy atom. The lowest BCUT2D eigenvalue weighted by Gasteiger charge is -2.31. The van der Waals surface area contributed by atoms with Gasteiger partial charge in [0.2, 0.25) is 5.91 Å². The quantitative estimate of drug-likeness (QED) is 0.733. The summed E-state index contributed by atoms with van der Waals surface area (Å²) in [5, 5.41) is 6.02. The van der Waals surface area contributed by atoms with Crippen LogP contribution in [0.4, 0.5) is 4.79 Å². The number of aromatic nitrogens is 1. The van der Waals surface area contributed by atoms with E-state index < -0.39 is 0 Å². The van der Waals surface area contributed by atoms with Crippen molar-refractivity contribution < 1.29 is 9.59 Å². The number of nitrogens with one attached hydrogen (secondary N) is 2. The Labute approximate surface area is 154 Å². The molecule has 25 heavy (non-hydrogen) atoms. The average Bonchev–Trinajstić information content (AvgIpc) is 2.81. The molecule has 0 bridgehead atoms. The highest BCUT2D eigenvalue weighted by atomic mass is 35.5. The molecule has 3 amide bonds. The van der Waals surface area contributed by atoms with E-state index in [0.717, 1.165) is 44.6 Å². The number of hydrogen-bond acceptors (Lipinski definition) is 5. The van der Waals surface area contributed by atoms with Crippen molar-refractivity contribution in [3.8, 4) is 0 Å². The van der Waals surface area contributed by atoms with Gasteiger partial charge in [0, 0.05) is 31.9 Å². The van der Waals surface area contributed by atoms with Crippen molar-refractivity contribution in [3.63, 3.8) is 0 Å². The molecule has 3 rings (SSSR count). The maximum Gasteiger partial charge on any atom is 0.324 e. The molecule has 0 radical (unpaired) electrons. The Bertz CT molecular complexity index is 547. The van der Waals surface area contributed by atoms with Crippen LogP contribution in [0.3, 0.4) is 0 Å². The molecule has 2 aliphatic heterocycles. The van der Waals surface area contributed by atoms with Crippen molar-refractivity contribution in [1.82, 2.24) is 25.4 Å². The summed E-state index contributed by atoms with van der Waals surface area (Å²) in [7, 11) is 0. The van der Waals surface area contributed by atoms with E-state index in [4.69, 9.17) is 0 Å². The summed E-state index contributed by atoms with van der Waals surface area (Å²) < 4.78 is 0. The summed E-state index contributed by atoms with van der Waals surface area (Å²) in [5.74, 6) is -0.139. The summed E-state index contributed by atoms with van der Waals surface area (Å²) in [6, 6.07) is 6.10. The third kappa shape index (κ3) is 5.39. The normalized spacial score (nSPS) is 21.0. The molecule has 0 saturated carbocycles. The first kappa shape index (κ1) is 19.6. The van der Waals surface area contributed by atoms with Crippen LogP contribution >= 0.6 is 12.4 Å². The van der Waals surface area contributed by atoms with Gasteiger partial charge in [-0.1, -0.05) is 6.07 Å². The van der Waals surface area contributed by atoms with Gasteiger partial charge in [0.1, 0.15) is 0 Å². The Morgan fingerprint density at radius 3 is 2.84 bits per heavy atom. The predicted octanol–water partition coefficient (Wildman–Crippen LogP) is 0.999. The number of carbonyl (C=O) groups is 2. The average molecular weight is 368 g/mol. The zero-order valence-electron chi connectivity index (χ0n) is 14.3. The fourth-order valence-corrected chi connectivity index (χ4v) is 3.37. The number of nitrogens with zero attached hydrogens (tertiary/aromatic N) is 3. The molecule has 0 aliphatic carbocycles. The summed E-state index contributed by atoms with van der Waals surface area (Å²) in [6.07, 6.45) is 5.15. The van der Waals surface area contributed by atoms with Crippen molar-refractivity contribution in [3.05, 3.63) is 30.1 Å². The zero-order valence-corrected chi connectivity index (χ0v) is 15.1. The fourth-order valence-electron chi connectivity index (χ4n) is 3.37. The minimum atomic E-state index is -0.277. The van der Waals surface area contributed by atoms with Gasteiger partial charge >= 0.3 is 6.03 Å². The van der Waals surface area contributed by atoms with E-state index in [2.05, 4.69) is 20.5 Å². The molecule has 2 saturated heterocycles. The van der Waals surface area contributed by atoms with E-state index in [9.17, 15) is 9.59 Å². The number of urea groups is 1. The summed E-state index contributed by atoms with van der Waals surface area (Å²) in [4.78, 5) is 31.6.